The molecule has 0 aromatic carbocycles. The van der Waals surface area contributed by atoms with Crippen LogP contribution < -0.4 is 5.32 Å². The molecule has 1 aliphatic heterocycles. The maximum atomic E-state index is 12.7. The summed E-state index contributed by atoms with van der Waals surface area (Å²) >= 11 is 0. The second-order valence-corrected chi connectivity index (χ2v) is 6.51. The lowest BCUT2D eigenvalue weighted by Crippen LogP contribution is -2.38. The molecule has 1 saturated heterocycles. The molecule has 18 heavy (non-hydrogen) atoms. The molecule has 0 saturated carbocycles. The Morgan fingerprint density at radius 2 is 2.11 bits per heavy atom. The lowest BCUT2D eigenvalue weighted by atomic mass is 10.1. The van der Waals surface area contributed by atoms with E-state index < -0.39 is 33.2 Å². The van der Waals surface area contributed by atoms with Gasteiger partial charge in [0.25, 0.3) is 0 Å². The summed E-state index contributed by atoms with van der Waals surface area (Å²) in [5.74, 6) is -1.76. The van der Waals surface area contributed by atoms with E-state index in [1.165, 1.54) is 6.92 Å². The minimum atomic E-state index is -4.46. The van der Waals surface area contributed by atoms with Crippen LogP contribution in [0.5, 0.6) is 0 Å². The van der Waals surface area contributed by atoms with E-state index in [1.54, 1.807) is 0 Å². The molecular formula is C9H15F3N2O3S. The van der Waals surface area contributed by atoms with Gasteiger partial charge in [-0.2, -0.15) is 13.2 Å². The van der Waals surface area contributed by atoms with E-state index in [2.05, 4.69) is 14.4 Å². The van der Waals surface area contributed by atoms with Gasteiger partial charge in [0.05, 0.1) is 27.5 Å². The molecule has 1 fully saturated rings. The van der Waals surface area contributed by atoms with E-state index in [0.717, 1.165) is 6.26 Å². The third-order valence-electron chi connectivity index (χ3n) is 2.66. The Labute approximate surface area is 103 Å². The van der Waals surface area contributed by atoms with Crippen molar-refractivity contribution in [2.75, 3.05) is 26.0 Å². The second kappa shape index (κ2) is 5.43. The van der Waals surface area contributed by atoms with Gasteiger partial charge in [-0.25, -0.2) is 9.00 Å². The normalized spacial score (nSPS) is 27.6. The number of hydrogen-bond acceptors (Lipinski definition) is 4. The number of carbonyl (C=O) groups excluding carboxylic acids is 1. The summed E-state index contributed by atoms with van der Waals surface area (Å²) in [4.78, 5) is 11.1. The smallest absolute Gasteiger partial charge is 0.441 e. The molecule has 1 amide bonds. The molecule has 0 spiro atoms. The van der Waals surface area contributed by atoms with Crippen molar-refractivity contribution >= 4 is 15.8 Å². The van der Waals surface area contributed by atoms with Gasteiger partial charge >= 0.3 is 12.3 Å². The standard InChI is InChI=1S/C9H15F3N2O3S/c1-3-17-8(15)14-18(2,16)7-5-13-4-6(7)9(10,11)12/h6-7,13H,3-5H2,1-2H3/t6-,7+,18+/m0/s1. The monoisotopic (exact) mass is 288 g/mol. The first-order valence-electron chi connectivity index (χ1n) is 5.33. The predicted octanol–water partition coefficient (Wildman–Crippen LogP) is 1.39. The lowest BCUT2D eigenvalue weighted by Gasteiger charge is -2.21. The van der Waals surface area contributed by atoms with Crippen LogP contribution in [0.4, 0.5) is 18.0 Å². The molecule has 1 N–H and O–H groups in total. The Bertz CT molecular complexity index is 429. The van der Waals surface area contributed by atoms with Gasteiger partial charge in [-0.1, -0.05) is 0 Å². The van der Waals surface area contributed by atoms with Gasteiger partial charge in [-0.05, 0) is 6.92 Å². The lowest BCUT2D eigenvalue weighted by molar-refractivity contribution is -0.167. The molecule has 3 atom stereocenters. The molecule has 1 heterocycles. The van der Waals surface area contributed by atoms with Crippen LogP contribution in [0.1, 0.15) is 6.92 Å². The van der Waals surface area contributed by atoms with Crippen LogP contribution in [-0.2, 0) is 14.5 Å². The van der Waals surface area contributed by atoms with E-state index in [1.807, 2.05) is 0 Å². The molecule has 5 nitrogen and oxygen atoms in total. The van der Waals surface area contributed by atoms with Crippen LogP contribution >= 0.6 is 0 Å². The van der Waals surface area contributed by atoms with Crippen LogP contribution in [0, 0.1) is 5.92 Å². The van der Waals surface area contributed by atoms with Gasteiger partial charge in [0.15, 0.2) is 0 Å². The van der Waals surface area contributed by atoms with Gasteiger partial charge in [0, 0.05) is 19.3 Å². The maximum absolute atomic E-state index is 12.7. The van der Waals surface area contributed by atoms with Crippen LogP contribution in [0.3, 0.4) is 0 Å². The van der Waals surface area contributed by atoms with Gasteiger partial charge in [-0.3, -0.25) is 0 Å². The highest BCUT2D eigenvalue weighted by atomic mass is 32.2. The van der Waals surface area contributed by atoms with Gasteiger partial charge in [0.1, 0.15) is 0 Å². The van der Waals surface area contributed by atoms with Crippen molar-refractivity contribution in [2.45, 2.75) is 18.3 Å². The number of rotatable bonds is 2. The zero-order chi connectivity index (χ0) is 14.0. The summed E-state index contributed by atoms with van der Waals surface area (Å²) in [6.07, 6.45) is -4.49. The Morgan fingerprint density at radius 1 is 1.50 bits per heavy atom. The van der Waals surface area contributed by atoms with Crippen LogP contribution in [0.15, 0.2) is 4.36 Å². The summed E-state index contributed by atoms with van der Waals surface area (Å²) in [7, 11) is -3.30. The average molecular weight is 288 g/mol. The molecule has 0 aliphatic carbocycles. The number of nitrogens with zero attached hydrogens (tertiary/aromatic N) is 1. The highest BCUT2D eigenvalue weighted by Gasteiger charge is 2.50. The minimum absolute atomic E-state index is 0.0312. The van der Waals surface area contributed by atoms with E-state index in [4.69, 9.17) is 0 Å². The number of carbonyl (C=O) groups is 1. The van der Waals surface area contributed by atoms with Crippen LogP contribution in [-0.4, -0.2) is 47.7 Å². The van der Waals surface area contributed by atoms with Crippen LogP contribution in [0.25, 0.3) is 0 Å². The summed E-state index contributed by atoms with van der Waals surface area (Å²) in [6.45, 7) is 1.17. The molecule has 0 bridgehead atoms. The summed E-state index contributed by atoms with van der Waals surface area (Å²) in [5, 5.41) is 1.29. The largest absolute Gasteiger partial charge is 0.448 e. The molecule has 0 aromatic heterocycles. The number of halogens is 3. The van der Waals surface area contributed by atoms with Crippen molar-refractivity contribution in [1.29, 1.82) is 0 Å². The van der Waals surface area contributed by atoms with Crippen molar-refractivity contribution in [1.82, 2.24) is 5.32 Å². The number of hydrogen-bond donors (Lipinski definition) is 1. The van der Waals surface area contributed by atoms with Crippen molar-refractivity contribution in [2.24, 2.45) is 10.3 Å². The fourth-order valence-electron chi connectivity index (χ4n) is 1.81. The number of ether oxygens (including phenoxy) is 1. The van der Waals surface area contributed by atoms with E-state index in [0.29, 0.717) is 0 Å². The Hall–Kier alpha value is -0.830. The third kappa shape index (κ3) is 3.58. The van der Waals surface area contributed by atoms with Gasteiger partial charge in [-0.15, -0.1) is 4.36 Å². The van der Waals surface area contributed by atoms with E-state index in [9.17, 15) is 22.2 Å². The highest BCUT2D eigenvalue weighted by molar-refractivity contribution is 7.93. The molecule has 106 valence electrons. The zero-order valence-corrected chi connectivity index (χ0v) is 10.8. The summed E-state index contributed by atoms with van der Waals surface area (Å²) < 4.78 is 58.0. The van der Waals surface area contributed by atoms with Crippen molar-refractivity contribution in [3.63, 3.8) is 0 Å². The summed E-state index contributed by atoms with van der Waals surface area (Å²) in [5.41, 5.74) is 0. The topological polar surface area (TPSA) is 67.8 Å². The fraction of sp³-hybridized carbons (Fsp3) is 0.889. The van der Waals surface area contributed by atoms with Crippen LogP contribution in [0.2, 0.25) is 0 Å². The highest BCUT2D eigenvalue weighted by Crippen LogP contribution is 2.34. The van der Waals surface area contributed by atoms with Crippen molar-refractivity contribution in [3.8, 4) is 0 Å². The minimum Gasteiger partial charge on any atom is -0.448 e. The zero-order valence-electron chi connectivity index (χ0n) is 9.99. The number of amides is 1. The maximum Gasteiger partial charge on any atom is 0.441 e. The molecule has 9 heteroatoms. The Kier molecular flexibility index (Phi) is 4.60. The van der Waals surface area contributed by atoms with E-state index >= 15 is 0 Å². The third-order valence-corrected chi connectivity index (χ3v) is 4.79. The van der Waals surface area contributed by atoms with Crippen molar-refractivity contribution in [3.05, 3.63) is 0 Å². The molecular weight excluding hydrogens is 273 g/mol. The fourth-order valence-corrected chi connectivity index (χ4v) is 3.58. The Balaban J connectivity index is 2.97. The first kappa shape index (κ1) is 15.2. The SMILES string of the molecule is CCOC(=O)N=[S@](C)(=O)[C@@H]1CNC[C@@H]1C(F)(F)F. The molecule has 1 rings (SSSR count). The van der Waals surface area contributed by atoms with E-state index in [-0.39, 0.29) is 19.7 Å². The first-order chi connectivity index (χ1) is 8.18. The average Bonchev–Trinajstić information content (AvgIpc) is 2.64. The van der Waals surface area contributed by atoms with Gasteiger partial charge in [0.2, 0.25) is 0 Å². The molecule has 0 aromatic rings. The Morgan fingerprint density at radius 3 is 2.61 bits per heavy atom. The number of nitrogens with one attached hydrogen (secondary N) is 1. The molecule has 1 aliphatic rings. The molecule has 0 unspecified atom stereocenters. The molecule has 0 radical (unpaired) electrons. The van der Waals surface area contributed by atoms with Crippen molar-refractivity contribution < 1.29 is 26.9 Å². The summed E-state index contributed by atoms with van der Waals surface area (Å²) in [6, 6.07) is 0. The number of alkyl halides is 3. The first-order valence-corrected chi connectivity index (χ1v) is 7.32. The van der Waals surface area contributed by atoms with Gasteiger partial charge < -0.3 is 10.1 Å². The predicted molar refractivity (Wildman–Crippen MR) is 59.7 cm³/mol. The second-order valence-electron chi connectivity index (χ2n) is 4.00. The quantitative estimate of drug-likeness (QED) is 0.834.